The van der Waals surface area contributed by atoms with E-state index in [4.69, 9.17) is 20.4 Å². The molecule has 0 aliphatic heterocycles. The van der Waals surface area contributed by atoms with Crippen molar-refractivity contribution in [1.82, 2.24) is 4.98 Å². The number of carbonyl (C=O) groups excluding carboxylic acids is 1. The van der Waals surface area contributed by atoms with Gasteiger partial charge in [0, 0.05) is 5.56 Å². The predicted molar refractivity (Wildman–Crippen MR) is 96.5 cm³/mol. The lowest BCUT2D eigenvalue weighted by molar-refractivity contribution is 0.101. The molecule has 0 radical (unpaired) electrons. The lowest BCUT2D eigenvalue weighted by atomic mass is 10.2. The van der Waals surface area contributed by atoms with Crippen LogP contribution >= 0.6 is 11.6 Å². The minimum Gasteiger partial charge on any atom is -0.457 e. The first-order valence-corrected chi connectivity index (χ1v) is 8.01. The average Bonchev–Trinajstić information content (AvgIpc) is 3.27. The molecular formula is C20H12ClNO3. The third-order valence-electron chi connectivity index (χ3n) is 3.67. The fourth-order valence-corrected chi connectivity index (χ4v) is 2.68. The first-order chi connectivity index (χ1) is 12.2. The molecule has 0 aliphatic rings. The van der Waals surface area contributed by atoms with Crippen LogP contribution in [0.5, 0.6) is 0 Å². The highest BCUT2D eigenvalue weighted by atomic mass is 35.5. The Bertz CT molecular complexity index is 1060. The molecule has 4 aromatic rings. The fraction of sp³-hybridized carbons (Fsp3) is 0. The summed E-state index contributed by atoms with van der Waals surface area (Å²) in [6, 6.07) is 18.2. The fourth-order valence-electron chi connectivity index (χ4n) is 2.45. The van der Waals surface area contributed by atoms with E-state index in [9.17, 15) is 4.79 Å². The van der Waals surface area contributed by atoms with Crippen molar-refractivity contribution in [3.8, 4) is 11.3 Å². The molecule has 4 nitrogen and oxygen atoms in total. The number of aromatic nitrogens is 1. The third kappa shape index (κ3) is 3.12. The minimum absolute atomic E-state index is 0.0512. The van der Waals surface area contributed by atoms with Crippen LogP contribution in [0.4, 0.5) is 0 Å². The molecule has 0 spiro atoms. The van der Waals surface area contributed by atoms with E-state index in [1.54, 1.807) is 30.3 Å². The van der Waals surface area contributed by atoms with E-state index in [0.717, 1.165) is 5.56 Å². The van der Waals surface area contributed by atoms with Crippen LogP contribution in [0.15, 0.2) is 75.6 Å². The standard InChI is InChI=1S/C20H12ClNO3/c21-15-6-2-1-5-14(15)18-12-10-13(24-18)9-11-17(23)20-22-16-7-3-4-8-19(16)25-20/h1-12H/b11-9+. The molecule has 0 fully saturated rings. The van der Waals surface area contributed by atoms with Crippen LogP contribution in [0.25, 0.3) is 28.5 Å². The van der Waals surface area contributed by atoms with Crippen molar-refractivity contribution in [3.05, 3.63) is 83.4 Å². The summed E-state index contributed by atoms with van der Waals surface area (Å²) in [4.78, 5) is 16.4. The number of ketones is 1. The molecule has 0 aliphatic carbocycles. The van der Waals surface area contributed by atoms with E-state index >= 15 is 0 Å². The number of benzene rings is 2. The average molecular weight is 350 g/mol. The van der Waals surface area contributed by atoms with E-state index in [1.165, 1.54) is 6.08 Å². The smallest absolute Gasteiger partial charge is 0.268 e. The quantitative estimate of drug-likeness (QED) is 0.353. The molecule has 122 valence electrons. The van der Waals surface area contributed by atoms with Gasteiger partial charge in [0.1, 0.15) is 17.0 Å². The van der Waals surface area contributed by atoms with Gasteiger partial charge in [-0.1, -0.05) is 35.9 Å². The van der Waals surface area contributed by atoms with Gasteiger partial charge in [-0.15, -0.1) is 0 Å². The number of oxazole rings is 1. The van der Waals surface area contributed by atoms with Gasteiger partial charge < -0.3 is 8.83 Å². The Morgan fingerprint density at radius 3 is 2.60 bits per heavy atom. The molecule has 2 aromatic carbocycles. The Balaban J connectivity index is 1.56. The molecule has 0 amide bonds. The first kappa shape index (κ1) is 15.4. The second-order valence-electron chi connectivity index (χ2n) is 5.37. The maximum atomic E-state index is 12.2. The summed E-state index contributed by atoms with van der Waals surface area (Å²) < 4.78 is 11.2. The number of rotatable bonds is 4. The molecule has 25 heavy (non-hydrogen) atoms. The topological polar surface area (TPSA) is 56.2 Å². The zero-order valence-corrected chi connectivity index (χ0v) is 13.7. The Morgan fingerprint density at radius 2 is 1.76 bits per heavy atom. The van der Waals surface area contributed by atoms with Crippen LogP contribution < -0.4 is 0 Å². The van der Waals surface area contributed by atoms with Crippen molar-refractivity contribution in [2.45, 2.75) is 0 Å². The van der Waals surface area contributed by atoms with Crippen LogP contribution in [0, 0.1) is 0 Å². The molecule has 2 heterocycles. The van der Waals surface area contributed by atoms with E-state index in [2.05, 4.69) is 4.98 Å². The van der Waals surface area contributed by atoms with Crippen LogP contribution in [-0.2, 0) is 0 Å². The SMILES string of the molecule is O=C(/C=C/c1ccc(-c2ccccc2Cl)o1)c1nc2ccccc2o1. The maximum Gasteiger partial charge on any atom is 0.268 e. The van der Waals surface area contributed by atoms with Gasteiger partial charge in [0.2, 0.25) is 5.78 Å². The van der Waals surface area contributed by atoms with Crippen LogP contribution in [0.2, 0.25) is 5.02 Å². The Morgan fingerprint density at radius 1 is 0.960 bits per heavy atom. The highest BCUT2D eigenvalue weighted by Crippen LogP contribution is 2.29. The lowest BCUT2D eigenvalue weighted by Gasteiger charge is -1.98. The number of furan rings is 1. The number of para-hydroxylation sites is 2. The van der Waals surface area contributed by atoms with Gasteiger partial charge in [-0.05, 0) is 48.6 Å². The van der Waals surface area contributed by atoms with Crippen LogP contribution in [0.3, 0.4) is 0 Å². The van der Waals surface area contributed by atoms with Crippen molar-refractivity contribution in [3.63, 3.8) is 0 Å². The summed E-state index contributed by atoms with van der Waals surface area (Å²) in [6.45, 7) is 0. The summed E-state index contributed by atoms with van der Waals surface area (Å²) in [5.41, 5.74) is 2.03. The van der Waals surface area contributed by atoms with Gasteiger partial charge in [-0.25, -0.2) is 4.98 Å². The minimum atomic E-state index is -0.327. The number of carbonyl (C=O) groups is 1. The van der Waals surface area contributed by atoms with Crippen molar-refractivity contribution in [2.75, 3.05) is 0 Å². The Labute approximate surface area is 148 Å². The van der Waals surface area contributed by atoms with Crippen molar-refractivity contribution in [1.29, 1.82) is 0 Å². The van der Waals surface area contributed by atoms with Crippen LogP contribution in [0.1, 0.15) is 16.4 Å². The number of fused-ring (bicyclic) bond motifs is 1. The normalized spacial score (nSPS) is 11.4. The van der Waals surface area contributed by atoms with Crippen molar-refractivity contribution >= 4 is 34.6 Å². The molecule has 0 saturated carbocycles. The van der Waals surface area contributed by atoms with Gasteiger partial charge in [-0.2, -0.15) is 0 Å². The van der Waals surface area contributed by atoms with Crippen molar-refractivity contribution < 1.29 is 13.6 Å². The zero-order valence-electron chi connectivity index (χ0n) is 13.0. The zero-order chi connectivity index (χ0) is 17.2. The second kappa shape index (κ2) is 6.42. The largest absolute Gasteiger partial charge is 0.457 e. The van der Waals surface area contributed by atoms with Gasteiger partial charge in [0.25, 0.3) is 5.89 Å². The summed E-state index contributed by atoms with van der Waals surface area (Å²) in [5, 5.41) is 0.606. The monoisotopic (exact) mass is 349 g/mol. The highest BCUT2D eigenvalue weighted by molar-refractivity contribution is 6.33. The highest BCUT2D eigenvalue weighted by Gasteiger charge is 2.12. The number of nitrogens with zero attached hydrogens (tertiary/aromatic N) is 1. The Kier molecular flexibility index (Phi) is 3.96. The van der Waals surface area contributed by atoms with E-state index in [-0.39, 0.29) is 11.7 Å². The molecule has 4 rings (SSSR count). The molecule has 0 atom stereocenters. The van der Waals surface area contributed by atoms with Crippen LogP contribution in [-0.4, -0.2) is 10.8 Å². The van der Waals surface area contributed by atoms with Gasteiger partial charge in [-0.3, -0.25) is 4.79 Å². The first-order valence-electron chi connectivity index (χ1n) is 7.63. The molecular weight excluding hydrogens is 338 g/mol. The Hall–Kier alpha value is -3.11. The molecule has 5 heteroatoms. The third-order valence-corrected chi connectivity index (χ3v) is 4.00. The second-order valence-corrected chi connectivity index (χ2v) is 5.77. The number of allylic oxidation sites excluding steroid dienone is 1. The van der Waals surface area contributed by atoms with Gasteiger partial charge in [0.05, 0.1) is 5.02 Å². The number of hydrogen-bond donors (Lipinski definition) is 0. The molecule has 0 bridgehead atoms. The van der Waals surface area contributed by atoms with E-state index in [0.29, 0.717) is 27.6 Å². The summed E-state index contributed by atoms with van der Waals surface area (Å²) in [7, 11) is 0. The lowest BCUT2D eigenvalue weighted by Crippen LogP contribution is -1.93. The molecule has 0 N–H and O–H groups in total. The molecule has 0 unspecified atom stereocenters. The van der Waals surface area contributed by atoms with E-state index < -0.39 is 0 Å². The summed E-state index contributed by atoms with van der Waals surface area (Å²) in [5.74, 6) is 0.904. The number of hydrogen-bond acceptors (Lipinski definition) is 4. The molecule has 2 aromatic heterocycles. The van der Waals surface area contributed by atoms with Gasteiger partial charge in [0.15, 0.2) is 5.58 Å². The maximum absolute atomic E-state index is 12.2. The summed E-state index contributed by atoms with van der Waals surface area (Å²) in [6.07, 6.45) is 2.96. The summed E-state index contributed by atoms with van der Waals surface area (Å²) >= 11 is 6.16. The molecule has 0 saturated heterocycles. The van der Waals surface area contributed by atoms with Gasteiger partial charge >= 0.3 is 0 Å². The predicted octanol–water partition coefficient (Wildman–Crippen LogP) is 5.64. The number of halogens is 1. The van der Waals surface area contributed by atoms with E-state index in [1.807, 2.05) is 36.4 Å². The van der Waals surface area contributed by atoms with Crippen molar-refractivity contribution in [2.24, 2.45) is 0 Å².